The number of ketones is 1. The fourth-order valence-electron chi connectivity index (χ4n) is 7.91. The molecule has 1 aromatic carbocycles. The Hall–Kier alpha value is -3.57. The quantitative estimate of drug-likeness (QED) is 0.0281. The number of amides is 2. The predicted octanol–water partition coefficient (Wildman–Crippen LogP) is 5.34. The number of carbonyl (C=O) groups excluding carboxylic acids is 3. The molecule has 0 saturated carbocycles. The van der Waals surface area contributed by atoms with E-state index in [4.69, 9.17) is 19.5 Å². The second-order valence-corrected chi connectivity index (χ2v) is 24.7. The first-order chi connectivity index (χ1) is 33.4. The van der Waals surface area contributed by atoms with Gasteiger partial charge in [0.15, 0.2) is 17.7 Å². The lowest BCUT2D eigenvalue weighted by atomic mass is 9.81. The lowest BCUT2D eigenvalue weighted by Gasteiger charge is -2.30. The number of nitrogens with two attached hydrogens (primary N) is 1. The van der Waals surface area contributed by atoms with Crippen molar-refractivity contribution in [1.29, 1.82) is 0 Å². The molecule has 1 aliphatic heterocycles. The number of ether oxygens (including phenoxy) is 1. The van der Waals surface area contributed by atoms with Crippen LogP contribution in [0.5, 0.6) is 0 Å². The Morgan fingerprint density at radius 1 is 0.833 bits per heavy atom. The predicted molar refractivity (Wildman–Crippen MR) is 263 cm³/mol. The second-order valence-electron chi connectivity index (χ2n) is 20.4. The number of Topliss-reactive ketones (excluding diaryl/α,β-unsaturated/α-hetero) is 1. The van der Waals surface area contributed by atoms with E-state index in [1.165, 1.54) is 50.7 Å². The molecule has 3 heterocycles. The maximum atomic E-state index is 12.8. The maximum Gasteiger partial charge on any atom is 0.481 e. The molecule has 24 nitrogen and oxygen atoms in total. The number of unbranched alkanes of at least 4 members (excludes halogenated alkanes) is 2. The molecule has 4 rings (SSSR count). The molecular formula is C45H74N7O17P3. The maximum absolute atomic E-state index is 12.8. The molecule has 7 unspecified atom stereocenters. The molecule has 0 spiro atoms. The number of rotatable bonds is 32. The zero-order chi connectivity index (χ0) is 53.7. The van der Waals surface area contributed by atoms with Crippen molar-refractivity contribution in [2.75, 3.05) is 32.0 Å². The van der Waals surface area contributed by atoms with Crippen molar-refractivity contribution >= 4 is 58.0 Å². The van der Waals surface area contributed by atoms with Gasteiger partial charge in [0.05, 0.1) is 19.5 Å². The Labute approximate surface area is 420 Å². The van der Waals surface area contributed by atoms with E-state index >= 15 is 0 Å². The van der Waals surface area contributed by atoms with E-state index in [1.54, 1.807) is 0 Å². The molecule has 0 aliphatic carbocycles. The number of nitrogens with zero attached hydrogens (tertiary/aromatic N) is 4. The Morgan fingerprint density at radius 2 is 1.42 bits per heavy atom. The number of benzene rings is 1. The highest BCUT2D eigenvalue weighted by Gasteiger charge is 2.50. The van der Waals surface area contributed by atoms with Crippen LogP contribution in [-0.4, -0.2) is 118 Å². The van der Waals surface area contributed by atoms with Gasteiger partial charge in [0, 0.05) is 37.8 Å². The number of nitrogens with one attached hydrogen (secondary N) is 2. The van der Waals surface area contributed by atoms with Crippen LogP contribution in [0.15, 0.2) is 36.9 Å². The zero-order valence-electron chi connectivity index (χ0n) is 42.0. The van der Waals surface area contributed by atoms with Gasteiger partial charge in [0.25, 0.3) is 0 Å². The van der Waals surface area contributed by atoms with Gasteiger partial charge in [0.2, 0.25) is 11.8 Å². The van der Waals surface area contributed by atoms with Gasteiger partial charge >= 0.3 is 23.5 Å². The van der Waals surface area contributed by atoms with E-state index in [1.807, 2.05) is 0 Å². The number of imidazole rings is 1. The standard InChI is InChI=1S/C45H74N7O17P3/c1-8-43(2,3)21-11-9-13-30-15-17-31(18-16-30)14-10-12-22-44(4,5)25-32(53)19-23-47-34(54)20-24-48-41(57)38(56)45(6,7)27-66-72(63,64)69-71(61,62)65-26-33-37(68-70(58,59)60)36(55)42(67-33)52-29-51-35-39(46)49-28-50-40(35)52/h15-18,28-29,33,36-38,42,55-56H,8-14,19-27H2,1-7H3,(H,47,54)(H,48,57)(H,61,62)(H,63,64)(H2,46,49,50)(H2,58,59,60). The number of phosphoric acid groups is 3. The van der Waals surface area contributed by atoms with Gasteiger partial charge in [-0.3, -0.25) is 32.5 Å². The number of aryl methyl sites for hydroxylation is 2. The third kappa shape index (κ3) is 19.9. The van der Waals surface area contributed by atoms with E-state index in [9.17, 15) is 57.9 Å². The molecule has 10 N–H and O–H groups in total. The van der Waals surface area contributed by atoms with Crippen LogP contribution in [0.2, 0.25) is 0 Å². The highest BCUT2D eigenvalue weighted by Crippen LogP contribution is 2.61. The lowest BCUT2D eigenvalue weighted by molar-refractivity contribution is -0.137. The highest BCUT2D eigenvalue weighted by molar-refractivity contribution is 7.61. The van der Waals surface area contributed by atoms with Crippen LogP contribution in [0.3, 0.4) is 0 Å². The minimum atomic E-state index is -5.59. The summed E-state index contributed by atoms with van der Waals surface area (Å²) in [5.41, 5.74) is 7.17. The summed E-state index contributed by atoms with van der Waals surface area (Å²) in [6.45, 7) is 11.4. The molecule has 1 aliphatic rings. The van der Waals surface area contributed by atoms with Crippen molar-refractivity contribution in [3.05, 3.63) is 48.0 Å². The molecule has 72 heavy (non-hydrogen) atoms. The molecule has 27 heteroatoms. The van der Waals surface area contributed by atoms with Gasteiger partial charge in [-0.05, 0) is 60.5 Å². The van der Waals surface area contributed by atoms with Crippen LogP contribution in [0.4, 0.5) is 5.82 Å². The molecule has 0 radical (unpaired) electrons. The second kappa shape index (κ2) is 26.3. The largest absolute Gasteiger partial charge is 0.481 e. The van der Waals surface area contributed by atoms with Crippen LogP contribution in [0.25, 0.3) is 11.2 Å². The molecule has 0 bridgehead atoms. The van der Waals surface area contributed by atoms with Crippen molar-refractivity contribution in [2.24, 2.45) is 16.2 Å². The van der Waals surface area contributed by atoms with Crippen LogP contribution >= 0.6 is 23.5 Å². The van der Waals surface area contributed by atoms with Gasteiger partial charge in [0.1, 0.15) is 42.0 Å². The van der Waals surface area contributed by atoms with Gasteiger partial charge in [-0.1, -0.05) is 92.0 Å². The molecular weight excluding hydrogens is 1000 g/mol. The zero-order valence-corrected chi connectivity index (χ0v) is 44.7. The normalized spacial score (nSPS) is 20.0. The monoisotopic (exact) mass is 1080 g/mol. The Morgan fingerprint density at radius 3 is 2.01 bits per heavy atom. The minimum absolute atomic E-state index is 0.0171. The van der Waals surface area contributed by atoms with Crippen molar-refractivity contribution in [3.63, 3.8) is 0 Å². The van der Waals surface area contributed by atoms with Crippen LogP contribution in [-0.2, 0) is 63.5 Å². The molecule has 406 valence electrons. The first-order valence-corrected chi connectivity index (χ1v) is 28.4. The SMILES string of the molecule is CCC(C)(C)CCCCc1ccc(CCCCC(C)(C)CC(=O)CCNC(=O)CCNC(=O)C(O)C(C)(C)COP(=O)(O)OP(=O)(O)OCC2OC(n3cnc4c(N)ncnc43)C(O)C2OP(=O)(O)O)cc1. The first-order valence-electron chi connectivity index (χ1n) is 23.9. The van der Waals surface area contributed by atoms with Gasteiger partial charge < -0.3 is 50.9 Å². The number of aliphatic hydroxyl groups excluding tert-OH is 2. The molecule has 7 atom stereocenters. The van der Waals surface area contributed by atoms with Crippen molar-refractivity contribution < 1.29 is 80.5 Å². The smallest absolute Gasteiger partial charge is 0.386 e. The van der Waals surface area contributed by atoms with Gasteiger partial charge in [-0.25, -0.2) is 28.6 Å². The molecule has 2 amide bonds. The van der Waals surface area contributed by atoms with E-state index in [-0.39, 0.29) is 54.1 Å². The minimum Gasteiger partial charge on any atom is -0.386 e. The number of anilines is 1. The number of hydrogen-bond donors (Lipinski definition) is 9. The van der Waals surface area contributed by atoms with E-state index in [0.717, 1.165) is 49.3 Å². The number of carbonyl (C=O) groups is 3. The molecule has 1 fully saturated rings. The Kier molecular flexibility index (Phi) is 22.2. The Bertz CT molecular complexity index is 2420. The average molecular weight is 1080 g/mol. The average Bonchev–Trinajstić information content (AvgIpc) is 3.85. The molecule has 1 saturated heterocycles. The van der Waals surface area contributed by atoms with E-state index in [0.29, 0.717) is 11.8 Å². The summed E-state index contributed by atoms with van der Waals surface area (Å²) in [5, 5.41) is 26.7. The number of fused-ring (bicyclic) bond motifs is 1. The van der Waals surface area contributed by atoms with E-state index < -0.39 is 84.6 Å². The summed E-state index contributed by atoms with van der Waals surface area (Å²) < 4.78 is 62.6. The fraction of sp³-hybridized carbons (Fsp3) is 0.689. The van der Waals surface area contributed by atoms with Crippen molar-refractivity contribution in [1.82, 2.24) is 30.2 Å². The van der Waals surface area contributed by atoms with Gasteiger partial charge in [-0.2, -0.15) is 4.31 Å². The summed E-state index contributed by atoms with van der Waals surface area (Å²) in [7, 11) is -16.4. The lowest BCUT2D eigenvalue weighted by Crippen LogP contribution is -2.46. The van der Waals surface area contributed by atoms with Crippen molar-refractivity contribution in [2.45, 2.75) is 156 Å². The molecule has 2 aromatic heterocycles. The summed E-state index contributed by atoms with van der Waals surface area (Å²) in [4.78, 5) is 89.3. The summed E-state index contributed by atoms with van der Waals surface area (Å²) in [6, 6.07) is 8.92. The number of aliphatic hydroxyl groups is 2. The number of phosphoric ester groups is 3. The number of hydrogen-bond acceptors (Lipinski definition) is 17. The fourth-order valence-corrected chi connectivity index (χ4v) is 10.7. The summed E-state index contributed by atoms with van der Waals surface area (Å²) in [6.07, 6.45) is 3.40. The molecule has 3 aromatic rings. The Balaban J connectivity index is 1.12. The third-order valence-corrected chi connectivity index (χ3v) is 15.7. The first kappa shape index (κ1) is 61.0. The number of nitrogen functional groups attached to an aromatic ring is 1. The summed E-state index contributed by atoms with van der Waals surface area (Å²) in [5.74, 6) is -1.46. The topological polar surface area (TPSA) is 364 Å². The van der Waals surface area contributed by atoms with E-state index in [2.05, 4.69) is 93.3 Å². The van der Waals surface area contributed by atoms with Crippen LogP contribution < -0.4 is 16.4 Å². The third-order valence-electron chi connectivity index (χ3n) is 12.6. The summed E-state index contributed by atoms with van der Waals surface area (Å²) >= 11 is 0. The van der Waals surface area contributed by atoms with Crippen LogP contribution in [0.1, 0.15) is 130 Å². The number of aromatic nitrogens is 4. The van der Waals surface area contributed by atoms with Crippen LogP contribution in [0, 0.1) is 16.2 Å². The van der Waals surface area contributed by atoms with Crippen molar-refractivity contribution in [3.8, 4) is 0 Å². The highest BCUT2D eigenvalue weighted by atomic mass is 31.3. The van der Waals surface area contributed by atoms with Gasteiger partial charge in [-0.15, -0.1) is 0 Å².